The van der Waals surface area contributed by atoms with Crippen molar-refractivity contribution in [3.63, 3.8) is 0 Å². The first-order chi connectivity index (χ1) is 10.2. The minimum Gasteiger partial charge on any atom is -0.317 e. The van der Waals surface area contributed by atoms with Crippen LogP contribution in [-0.4, -0.2) is 57.4 Å². The molecule has 1 fully saturated rings. The Kier molecular flexibility index (Phi) is 10.5. The quantitative estimate of drug-likeness (QED) is 0.730. The van der Waals surface area contributed by atoms with Crippen LogP contribution >= 0.6 is 7.60 Å². The summed E-state index contributed by atoms with van der Waals surface area (Å²) in [4.78, 5) is 2.09. The lowest BCUT2D eigenvalue weighted by atomic mass is 10.3. The van der Waals surface area contributed by atoms with Gasteiger partial charge in [0.05, 0.1) is 13.2 Å². The first-order valence-corrected chi connectivity index (χ1v) is 9.71. The molecule has 1 radical (unpaired) electrons. The average Bonchev–Trinajstić information content (AvgIpc) is 2.42. The van der Waals surface area contributed by atoms with Gasteiger partial charge in [0, 0.05) is 13.1 Å². The molecule has 125 valence electrons. The van der Waals surface area contributed by atoms with E-state index < -0.39 is 7.60 Å². The summed E-state index contributed by atoms with van der Waals surface area (Å²) in [5, 5.41) is 6.85. The number of nitrogens with one attached hydrogen (secondary N) is 2. The minimum absolute atomic E-state index is 0.394. The highest BCUT2D eigenvalue weighted by molar-refractivity contribution is 7.56. The molecule has 1 heterocycles. The van der Waals surface area contributed by atoms with Gasteiger partial charge in [0.1, 0.15) is 6.29 Å². The molecule has 0 aromatic heterocycles. The van der Waals surface area contributed by atoms with Gasteiger partial charge >= 0.3 is 7.60 Å². The van der Waals surface area contributed by atoms with Crippen molar-refractivity contribution < 1.29 is 13.6 Å². The minimum atomic E-state index is -3.11. The molecule has 0 aromatic rings. The molecule has 21 heavy (non-hydrogen) atoms. The standard InChI is InChI=1S/C14H31N3O3P/c1-3-19-21(18,20-4-2)14-17-12-6-10-15-8-5-9-16-11-7-13-17/h14-16H,3-13H2,1-2H3. The van der Waals surface area contributed by atoms with Crippen LogP contribution in [0.25, 0.3) is 0 Å². The highest BCUT2D eigenvalue weighted by atomic mass is 31.2. The molecule has 1 aliphatic heterocycles. The second-order valence-electron chi connectivity index (χ2n) is 5.09. The maximum atomic E-state index is 12.6. The second-order valence-corrected chi connectivity index (χ2v) is 6.91. The Balaban J connectivity index is 2.50. The van der Waals surface area contributed by atoms with Crippen molar-refractivity contribution in [2.75, 3.05) is 52.5 Å². The lowest BCUT2D eigenvalue weighted by Crippen LogP contribution is -2.31. The van der Waals surface area contributed by atoms with Crippen molar-refractivity contribution in [1.82, 2.24) is 15.5 Å². The fraction of sp³-hybridized carbons (Fsp3) is 0.929. The maximum absolute atomic E-state index is 12.6. The van der Waals surface area contributed by atoms with E-state index in [9.17, 15) is 4.57 Å². The Morgan fingerprint density at radius 3 is 1.90 bits per heavy atom. The van der Waals surface area contributed by atoms with Crippen molar-refractivity contribution in [3.8, 4) is 0 Å². The van der Waals surface area contributed by atoms with Crippen LogP contribution in [0.5, 0.6) is 0 Å². The molecule has 0 spiro atoms. The molecule has 0 aliphatic carbocycles. The zero-order chi connectivity index (χ0) is 15.4. The van der Waals surface area contributed by atoms with E-state index in [0.29, 0.717) is 13.2 Å². The average molecular weight is 320 g/mol. The first kappa shape index (κ1) is 19.1. The Morgan fingerprint density at radius 2 is 1.43 bits per heavy atom. The van der Waals surface area contributed by atoms with E-state index in [1.807, 2.05) is 13.8 Å². The van der Waals surface area contributed by atoms with E-state index in [-0.39, 0.29) is 0 Å². The number of hydrogen-bond donors (Lipinski definition) is 2. The van der Waals surface area contributed by atoms with E-state index in [0.717, 1.165) is 52.1 Å². The van der Waals surface area contributed by atoms with E-state index in [2.05, 4.69) is 15.5 Å². The summed E-state index contributed by atoms with van der Waals surface area (Å²) < 4.78 is 23.3. The Hall–Kier alpha value is 0.0300. The number of nitrogens with zero attached hydrogens (tertiary/aromatic N) is 1. The summed E-state index contributed by atoms with van der Waals surface area (Å²) >= 11 is 0. The fourth-order valence-electron chi connectivity index (χ4n) is 2.29. The molecule has 0 atom stereocenters. The smallest absolute Gasteiger partial charge is 0.317 e. The summed E-state index contributed by atoms with van der Waals surface area (Å²) in [5.74, 6) is 0. The zero-order valence-electron chi connectivity index (χ0n) is 13.5. The topological polar surface area (TPSA) is 62.8 Å². The predicted molar refractivity (Wildman–Crippen MR) is 86.3 cm³/mol. The predicted octanol–water partition coefficient (Wildman–Crippen LogP) is 2.04. The highest BCUT2D eigenvalue weighted by Gasteiger charge is 2.27. The normalized spacial score (nSPS) is 20.7. The van der Waals surface area contributed by atoms with Crippen molar-refractivity contribution >= 4 is 7.60 Å². The lowest BCUT2D eigenvalue weighted by Gasteiger charge is -2.26. The number of hydrogen-bond acceptors (Lipinski definition) is 6. The first-order valence-electron chi connectivity index (χ1n) is 8.10. The van der Waals surface area contributed by atoms with Gasteiger partial charge in [-0.05, 0) is 59.3 Å². The summed E-state index contributed by atoms with van der Waals surface area (Å²) in [7, 11) is -3.11. The summed E-state index contributed by atoms with van der Waals surface area (Å²) in [6.07, 6.45) is 4.91. The molecule has 2 N–H and O–H groups in total. The van der Waals surface area contributed by atoms with Crippen LogP contribution in [0, 0.1) is 6.29 Å². The molecular weight excluding hydrogens is 289 g/mol. The zero-order valence-corrected chi connectivity index (χ0v) is 14.4. The third kappa shape index (κ3) is 8.91. The Labute approximate surface area is 129 Å². The van der Waals surface area contributed by atoms with Crippen LogP contribution < -0.4 is 10.6 Å². The largest absolute Gasteiger partial charge is 0.349 e. The van der Waals surface area contributed by atoms with Crippen LogP contribution in [0.1, 0.15) is 33.1 Å². The molecular formula is C14H31N3O3P. The fourth-order valence-corrected chi connectivity index (χ4v) is 3.85. The monoisotopic (exact) mass is 320 g/mol. The third-order valence-electron chi connectivity index (χ3n) is 3.23. The van der Waals surface area contributed by atoms with Gasteiger partial charge in [-0.25, -0.2) is 0 Å². The van der Waals surface area contributed by atoms with Crippen LogP contribution in [-0.2, 0) is 13.6 Å². The molecule has 7 heteroatoms. The molecule has 6 nitrogen and oxygen atoms in total. The van der Waals surface area contributed by atoms with Crippen molar-refractivity contribution in [1.29, 1.82) is 0 Å². The van der Waals surface area contributed by atoms with Gasteiger partial charge in [-0.15, -0.1) is 0 Å². The molecule has 0 saturated carbocycles. The van der Waals surface area contributed by atoms with Crippen LogP contribution in [0.2, 0.25) is 0 Å². The Bertz CT molecular complexity index is 283. The summed E-state index contributed by atoms with van der Waals surface area (Å²) in [6, 6.07) is 0. The third-order valence-corrected chi connectivity index (χ3v) is 5.07. The summed E-state index contributed by atoms with van der Waals surface area (Å²) in [6.45, 7) is 10.3. The van der Waals surface area contributed by atoms with Gasteiger partial charge < -0.3 is 19.7 Å². The van der Waals surface area contributed by atoms with Gasteiger partial charge in [0.2, 0.25) is 0 Å². The van der Waals surface area contributed by atoms with Crippen molar-refractivity contribution in [2.24, 2.45) is 0 Å². The van der Waals surface area contributed by atoms with Crippen LogP contribution in [0.4, 0.5) is 0 Å². The molecule has 1 rings (SSSR count). The van der Waals surface area contributed by atoms with E-state index in [4.69, 9.17) is 9.05 Å². The Morgan fingerprint density at radius 1 is 0.952 bits per heavy atom. The molecule has 0 unspecified atom stereocenters. The maximum Gasteiger partial charge on any atom is 0.349 e. The lowest BCUT2D eigenvalue weighted by molar-refractivity contribution is 0.209. The number of rotatable bonds is 6. The van der Waals surface area contributed by atoms with E-state index >= 15 is 0 Å². The van der Waals surface area contributed by atoms with Crippen molar-refractivity contribution in [2.45, 2.75) is 33.1 Å². The molecule has 0 amide bonds. The molecule has 1 saturated heterocycles. The summed E-state index contributed by atoms with van der Waals surface area (Å²) in [5.41, 5.74) is 0. The van der Waals surface area contributed by atoms with Gasteiger partial charge in [-0.1, -0.05) is 0 Å². The van der Waals surface area contributed by atoms with Gasteiger partial charge in [0.15, 0.2) is 0 Å². The van der Waals surface area contributed by atoms with E-state index in [1.165, 1.54) is 6.42 Å². The van der Waals surface area contributed by atoms with Gasteiger partial charge in [-0.2, -0.15) is 0 Å². The SMILES string of the molecule is CCOP(=O)([CH]N1CCCNCCCNCCC1)OCC. The molecule has 0 aromatic carbocycles. The van der Waals surface area contributed by atoms with E-state index in [1.54, 1.807) is 6.29 Å². The second kappa shape index (κ2) is 11.6. The highest BCUT2D eigenvalue weighted by Crippen LogP contribution is 2.51. The van der Waals surface area contributed by atoms with Gasteiger partial charge in [0.25, 0.3) is 0 Å². The van der Waals surface area contributed by atoms with Crippen LogP contribution in [0.3, 0.4) is 0 Å². The molecule has 1 aliphatic rings. The van der Waals surface area contributed by atoms with Crippen LogP contribution in [0.15, 0.2) is 0 Å². The van der Waals surface area contributed by atoms with Gasteiger partial charge in [-0.3, -0.25) is 9.46 Å². The van der Waals surface area contributed by atoms with Crippen molar-refractivity contribution in [3.05, 3.63) is 6.29 Å². The molecule has 0 bridgehead atoms.